The number of rotatable bonds is 4. The number of alkyl carbamates (subject to hydrolysis) is 1. The lowest BCUT2D eigenvalue weighted by Gasteiger charge is -2.23. The molecular weight excluding hydrogens is 322 g/mol. The molecule has 1 N–H and O–H groups in total. The molecule has 7 nitrogen and oxygen atoms in total. The smallest absolute Gasteiger partial charge is 0.407 e. The average molecular weight is 349 g/mol. The molecule has 1 amide bonds. The van der Waals surface area contributed by atoms with Crippen molar-refractivity contribution in [2.45, 2.75) is 58.8 Å². The Morgan fingerprint density at radius 1 is 1.36 bits per heavy atom. The predicted molar refractivity (Wildman–Crippen MR) is 94.8 cm³/mol. The third kappa shape index (κ3) is 5.62. The lowest BCUT2D eigenvalue weighted by Crippen LogP contribution is -2.40. The SMILES string of the molecule is CC(C)OC(=O)c1cccnc1N1CCC(NC(=O)OC(C)(C)C)C1. The molecule has 1 fully saturated rings. The zero-order valence-corrected chi connectivity index (χ0v) is 15.5. The number of ether oxygens (including phenoxy) is 2. The van der Waals surface area contributed by atoms with Crippen molar-refractivity contribution in [3.63, 3.8) is 0 Å². The van der Waals surface area contributed by atoms with Crippen LogP contribution < -0.4 is 10.2 Å². The molecule has 1 aromatic heterocycles. The van der Waals surface area contributed by atoms with Gasteiger partial charge < -0.3 is 19.7 Å². The number of nitrogens with one attached hydrogen (secondary N) is 1. The molecule has 2 heterocycles. The molecule has 0 aliphatic carbocycles. The number of carbonyl (C=O) groups excluding carboxylic acids is 2. The van der Waals surface area contributed by atoms with E-state index in [1.807, 2.05) is 39.5 Å². The van der Waals surface area contributed by atoms with Gasteiger partial charge in [-0.2, -0.15) is 0 Å². The number of pyridine rings is 1. The van der Waals surface area contributed by atoms with Crippen LogP contribution in [0.5, 0.6) is 0 Å². The second kappa shape index (κ2) is 7.72. The molecule has 1 atom stereocenters. The zero-order chi connectivity index (χ0) is 18.6. The normalized spacial score (nSPS) is 17.5. The summed E-state index contributed by atoms with van der Waals surface area (Å²) in [5, 5.41) is 2.87. The van der Waals surface area contributed by atoms with Gasteiger partial charge in [0.2, 0.25) is 0 Å². The van der Waals surface area contributed by atoms with Gasteiger partial charge in [-0.25, -0.2) is 14.6 Å². The Balaban J connectivity index is 2.02. The van der Waals surface area contributed by atoms with E-state index in [0.717, 1.165) is 6.42 Å². The largest absolute Gasteiger partial charge is 0.459 e. The highest BCUT2D eigenvalue weighted by Crippen LogP contribution is 2.23. The van der Waals surface area contributed by atoms with Crippen LogP contribution in [0.4, 0.5) is 10.6 Å². The molecule has 0 spiro atoms. The van der Waals surface area contributed by atoms with Crippen molar-refractivity contribution in [2.75, 3.05) is 18.0 Å². The average Bonchev–Trinajstić information content (AvgIpc) is 2.92. The van der Waals surface area contributed by atoms with Crippen LogP contribution in [0.25, 0.3) is 0 Å². The van der Waals surface area contributed by atoms with Crippen molar-refractivity contribution in [1.29, 1.82) is 0 Å². The van der Waals surface area contributed by atoms with E-state index in [1.54, 1.807) is 18.3 Å². The molecule has 7 heteroatoms. The van der Waals surface area contributed by atoms with Crippen molar-refractivity contribution in [3.8, 4) is 0 Å². The summed E-state index contributed by atoms with van der Waals surface area (Å²) in [4.78, 5) is 30.5. The lowest BCUT2D eigenvalue weighted by atomic mass is 10.2. The van der Waals surface area contributed by atoms with Gasteiger partial charge in [0.1, 0.15) is 17.0 Å². The minimum absolute atomic E-state index is 0.0502. The Kier molecular flexibility index (Phi) is 5.87. The second-order valence-corrected chi connectivity index (χ2v) is 7.41. The number of hydrogen-bond acceptors (Lipinski definition) is 6. The Morgan fingerprint density at radius 3 is 2.72 bits per heavy atom. The Labute approximate surface area is 148 Å². The number of esters is 1. The molecule has 2 rings (SSSR count). The van der Waals surface area contributed by atoms with Gasteiger partial charge >= 0.3 is 12.1 Å². The number of amides is 1. The van der Waals surface area contributed by atoms with Gasteiger partial charge in [-0.1, -0.05) is 0 Å². The summed E-state index contributed by atoms with van der Waals surface area (Å²) in [6.45, 7) is 10.4. The summed E-state index contributed by atoms with van der Waals surface area (Å²) < 4.78 is 10.6. The van der Waals surface area contributed by atoms with Crippen LogP contribution in [0.15, 0.2) is 18.3 Å². The highest BCUT2D eigenvalue weighted by Gasteiger charge is 2.29. The van der Waals surface area contributed by atoms with Gasteiger partial charge in [0.15, 0.2) is 0 Å². The lowest BCUT2D eigenvalue weighted by molar-refractivity contribution is 0.0377. The summed E-state index contributed by atoms with van der Waals surface area (Å²) in [5.41, 5.74) is -0.0916. The van der Waals surface area contributed by atoms with Gasteiger partial charge in [-0.3, -0.25) is 0 Å². The van der Waals surface area contributed by atoms with Crippen LogP contribution in [-0.2, 0) is 9.47 Å². The van der Waals surface area contributed by atoms with E-state index in [4.69, 9.17) is 9.47 Å². The topological polar surface area (TPSA) is 80.8 Å². The zero-order valence-electron chi connectivity index (χ0n) is 15.5. The van der Waals surface area contributed by atoms with Crippen molar-refractivity contribution in [1.82, 2.24) is 10.3 Å². The summed E-state index contributed by atoms with van der Waals surface area (Å²) in [6, 6.07) is 3.38. The van der Waals surface area contributed by atoms with Crippen LogP contribution in [0, 0.1) is 0 Å². The summed E-state index contributed by atoms with van der Waals surface area (Å²) >= 11 is 0. The molecule has 1 unspecified atom stereocenters. The van der Waals surface area contributed by atoms with E-state index in [9.17, 15) is 9.59 Å². The standard InChI is InChI=1S/C18H27N3O4/c1-12(2)24-16(22)14-7-6-9-19-15(14)21-10-8-13(11-21)20-17(23)25-18(3,4)5/h6-7,9,12-13H,8,10-11H2,1-5H3,(H,20,23). The van der Waals surface area contributed by atoms with Gasteiger partial charge in [0.05, 0.1) is 12.1 Å². The monoisotopic (exact) mass is 349 g/mol. The first-order valence-electron chi connectivity index (χ1n) is 8.56. The Bertz CT molecular complexity index is 625. The maximum absolute atomic E-state index is 12.3. The molecule has 0 bridgehead atoms. The molecule has 1 aliphatic rings. The molecule has 1 saturated heterocycles. The third-order valence-corrected chi connectivity index (χ3v) is 3.56. The van der Waals surface area contributed by atoms with E-state index in [-0.39, 0.29) is 18.1 Å². The van der Waals surface area contributed by atoms with E-state index >= 15 is 0 Å². The van der Waals surface area contributed by atoms with Crippen molar-refractivity contribution >= 4 is 17.9 Å². The summed E-state index contributed by atoms with van der Waals surface area (Å²) in [7, 11) is 0. The molecule has 0 radical (unpaired) electrons. The Hall–Kier alpha value is -2.31. The molecule has 25 heavy (non-hydrogen) atoms. The minimum Gasteiger partial charge on any atom is -0.459 e. The number of hydrogen-bond donors (Lipinski definition) is 1. The van der Waals surface area contributed by atoms with Crippen LogP contribution >= 0.6 is 0 Å². The number of aromatic nitrogens is 1. The summed E-state index contributed by atoms with van der Waals surface area (Å²) in [5.74, 6) is 0.197. The van der Waals surface area contributed by atoms with E-state index in [0.29, 0.717) is 24.5 Å². The van der Waals surface area contributed by atoms with Gasteiger partial charge in [-0.05, 0) is 53.2 Å². The maximum atomic E-state index is 12.3. The Morgan fingerprint density at radius 2 is 2.08 bits per heavy atom. The van der Waals surface area contributed by atoms with Gasteiger partial charge in [-0.15, -0.1) is 0 Å². The maximum Gasteiger partial charge on any atom is 0.407 e. The highest BCUT2D eigenvalue weighted by atomic mass is 16.6. The first-order valence-corrected chi connectivity index (χ1v) is 8.56. The first kappa shape index (κ1) is 19.0. The molecule has 138 valence electrons. The van der Waals surface area contributed by atoms with Crippen LogP contribution in [-0.4, -0.2) is 47.9 Å². The van der Waals surface area contributed by atoms with Gasteiger partial charge in [0.25, 0.3) is 0 Å². The van der Waals surface area contributed by atoms with Crippen LogP contribution in [0.2, 0.25) is 0 Å². The molecule has 0 saturated carbocycles. The van der Waals surface area contributed by atoms with Crippen LogP contribution in [0.1, 0.15) is 51.4 Å². The number of anilines is 1. The number of carbonyl (C=O) groups is 2. The van der Waals surface area contributed by atoms with Crippen molar-refractivity contribution in [3.05, 3.63) is 23.9 Å². The quantitative estimate of drug-likeness (QED) is 0.842. The molecule has 1 aliphatic heterocycles. The predicted octanol–water partition coefficient (Wildman–Crippen LogP) is 2.75. The second-order valence-electron chi connectivity index (χ2n) is 7.41. The highest BCUT2D eigenvalue weighted by molar-refractivity contribution is 5.95. The fourth-order valence-electron chi connectivity index (χ4n) is 2.63. The van der Waals surface area contributed by atoms with Crippen molar-refractivity contribution in [2.24, 2.45) is 0 Å². The van der Waals surface area contributed by atoms with E-state index in [1.165, 1.54) is 0 Å². The van der Waals surface area contributed by atoms with Crippen LogP contribution in [0.3, 0.4) is 0 Å². The minimum atomic E-state index is -0.531. The van der Waals surface area contributed by atoms with E-state index in [2.05, 4.69) is 10.3 Å². The first-order chi connectivity index (χ1) is 11.7. The van der Waals surface area contributed by atoms with Gasteiger partial charge in [0, 0.05) is 19.3 Å². The van der Waals surface area contributed by atoms with Crippen molar-refractivity contribution < 1.29 is 19.1 Å². The molecule has 1 aromatic rings. The molecular formula is C18H27N3O4. The third-order valence-electron chi connectivity index (χ3n) is 3.56. The van der Waals surface area contributed by atoms with E-state index < -0.39 is 11.7 Å². The fourth-order valence-corrected chi connectivity index (χ4v) is 2.63. The fraction of sp³-hybridized carbons (Fsp3) is 0.611. The number of nitrogens with zero attached hydrogens (tertiary/aromatic N) is 2. The summed E-state index contributed by atoms with van der Waals surface area (Å²) in [6.07, 6.45) is 1.78. The molecule has 0 aromatic carbocycles.